The highest BCUT2D eigenvalue weighted by atomic mass is 14.9. The molecule has 0 aliphatic carbocycles. The Morgan fingerprint density at radius 2 is 2.07 bits per heavy atom. The minimum Gasteiger partial charge on any atom is -0.385 e. The van der Waals surface area contributed by atoms with E-state index in [1.807, 2.05) is 6.20 Å². The van der Waals surface area contributed by atoms with E-state index < -0.39 is 0 Å². The Bertz CT molecular complexity index is 389. The van der Waals surface area contributed by atoms with Crippen LogP contribution in [0.1, 0.15) is 13.3 Å². The Balaban J connectivity index is 2.11. The second-order valence-electron chi connectivity index (χ2n) is 3.47. The molecule has 0 aliphatic rings. The molecular weight excluding hydrogens is 186 g/mol. The number of nitrogens with one attached hydrogen (secondary N) is 2. The molecule has 1 heterocycles. The molecule has 0 spiro atoms. The lowest BCUT2D eigenvalue weighted by molar-refractivity contribution is 0.980. The van der Waals surface area contributed by atoms with Crippen molar-refractivity contribution >= 4 is 5.69 Å². The maximum Gasteiger partial charge on any atom is 0.0924 e. The number of aromatic nitrogens is 2. The minimum absolute atomic E-state index is 1.02. The lowest BCUT2D eigenvalue weighted by Gasteiger charge is -2.04. The van der Waals surface area contributed by atoms with E-state index in [1.54, 1.807) is 6.33 Å². The second kappa shape index (κ2) is 4.64. The highest BCUT2D eigenvalue weighted by molar-refractivity contribution is 5.61. The van der Waals surface area contributed by atoms with Crippen LogP contribution in [0.3, 0.4) is 0 Å². The number of anilines is 1. The number of H-pyrrole nitrogens is 1. The van der Waals surface area contributed by atoms with E-state index >= 15 is 0 Å². The lowest BCUT2D eigenvalue weighted by atomic mass is 10.1. The fraction of sp³-hybridized carbons (Fsp3) is 0.250. The summed E-state index contributed by atoms with van der Waals surface area (Å²) in [4.78, 5) is 7.08. The topological polar surface area (TPSA) is 40.7 Å². The van der Waals surface area contributed by atoms with Crippen LogP contribution in [0.5, 0.6) is 0 Å². The van der Waals surface area contributed by atoms with Crippen molar-refractivity contribution in [3.8, 4) is 11.3 Å². The average molecular weight is 201 g/mol. The zero-order chi connectivity index (χ0) is 10.5. The summed E-state index contributed by atoms with van der Waals surface area (Å²) in [6.45, 7) is 3.18. The molecular formula is C12H15N3. The minimum atomic E-state index is 1.02. The van der Waals surface area contributed by atoms with Crippen molar-refractivity contribution in [1.82, 2.24) is 9.97 Å². The Labute approximate surface area is 89.6 Å². The summed E-state index contributed by atoms with van der Waals surface area (Å²) in [6, 6.07) is 8.36. The molecule has 78 valence electrons. The molecule has 1 aromatic heterocycles. The molecule has 15 heavy (non-hydrogen) atoms. The summed E-state index contributed by atoms with van der Waals surface area (Å²) in [7, 11) is 0. The van der Waals surface area contributed by atoms with Crippen molar-refractivity contribution in [2.24, 2.45) is 0 Å². The molecule has 0 aliphatic heterocycles. The van der Waals surface area contributed by atoms with Crippen LogP contribution in [0.2, 0.25) is 0 Å². The van der Waals surface area contributed by atoms with Gasteiger partial charge in [0, 0.05) is 12.2 Å². The Kier molecular flexibility index (Phi) is 3.02. The zero-order valence-electron chi connectivity index (χ0n) is 8.83. The first-order valence-electron chi connectivity index (χ1n) is 5.23. The Hall–Kier alpha value is -1.77. The molecule has 2 aromatic rings. The van der Waals surface area contributed by atoms with Crippen molar-refractivity contribution in [3.63, 3.8) is 0 Å². The van der Waals surface area contributed by atoms with Gasteiger partial charge in [-0.3, -0.25) is 0 Å². The van der Waals surface area contributed by atoms with Gasteiger partial charge < -0.3 is 10.3 Å². The summed E-state index contributed by atoms with van der Waals surface area (Å²) in [6.07, 6.45) is 4.66. The zero-order valence-corrected chi connectivity index (χ0v) is 8.83. The van der Waals surface area contributed by atoms with Crippen LogP contribution in [-0.2, 0) is 0 Å². The maximum absolute atomic E-state index is 4.00. The van der Waals surface area contributed by atoms with E-state index in [-0.39, 0.29) is 0 Å². The van der Waals surface area contributed by atoms with Gasteiger partial charge in [-0.1, -0.05) is 19.1 Å². The summed E-state index contributed by atoms with van der Waals surface area (Å²) in [5.74, 6) is 0. The van der Waals surface area contributed by atoms with Gasteiger partial charge in [0.05, 0.1) is 18.2 Å². The van der Waals surface area contributed by atoms with Gasteiger partial charge in [0.25, 0.3) is 0 Å². The molecule has 0 atom stereocenters. The largest absolute Gasteiger partial charge is 0.385 e. The molecule has 0 fully saturated rings. The molecule has 0 saturated heterocycles. The monoisotopic (exact) mass is 201 g/mol. The van der Waals surface area contributed by atoms with Gasteiger partial charge in [0.1, 0.15) is 0 Å². The quantitative estimate of drug-likeness (QED) is 0.798. The third-order valence-electron chi connectivity index (χ3n) is 2.27. The molecule has 0 unspecified atom stereocenters. The molecule has 1 aromatic carbocycles. The fourth-order valence-electron chi connectivity index (χ4n) is 1.45. The third-order valence-corrected chi connectivity index (χ3v) is 2.27. The predicted octanol–water partition coefficient (Wildman–Crippen LogP) is 2.90. The summed E-state index contributed by atoms with van der Waals surface area (Å²) in [5.41, 5.74) is 3.38. The smallest absolute Gasteiger partial charge is 0.0924 e. The van der Waals surface area contributed by atoms with Crippen LogP contribution in [0.25, 0.3) is 11.3 Å². The van der Waals surface area contributed by atoms with Gasteiger partial charge >= 0.3 is 0 Å². The first-order valence-corrected chi connectivity index (χ1v) is 5.23. The van der Waals surface area contributed by atoms with Gasteiger partial charge in [-0.25, -0.2) is 4.98 Å². The number of aromatic amines is 1. The van der Waals surface area contributed by atoms with E-state index in [4.69, 9.17) is 0 Å². The van der Waals surface area contributed by atoms with E-state index in [2.05, 4.69) is 46.5 Å². The molecule has 0 radical (unpaired) electrons. The van der Waals surface area contributed by atoms with Crippen LogP contribution in [0, 0.1) is 0 Å². The van der Waals surface area contributed by atoms with E-state index in [0.717, 1.165) is 24.2 Å². The molecule has 2 rings (SSSR count). The molecule has 3 nitrogen and oxygen atoms in total. The average Bonchev–Trinajstić information content (AvgIpc) is 2.80. The number of nitrogens with zero attached hydrogens (tertiary/aromatic N) is 1. The molecule has 0 saturated carbocycles. The van der Waals surface area contributed by atoms with Gasteiger partial charge in [0.2, 0.25) is 0 Å². The first kappa shape index (κ1) is 9.77. The van der Waals surface area contributed by atoms with Gasteiger partial charge in [-0.15, -0.1) is 0 Å². The molecule has 0 amide bonds. The lowest BCUT2D eigenvalue weighted by Crippen LogP contribution is -1.98. The van der Waals surface area contributed by atoms with Crippen molar-refractivity contribution in [2.75, 3.05) is 11.9 Å². The third kappa shape index (κ3) is 2.37. The van der Waals surface area contributed by atoms with Gasteiger partial charge in [-0.2, -0.15) is 0 Å². The normalized spacial score (nSPS) is 10.2. The first-order chi connectivity index (χ1) is 7.40. The summed E-state index contributed by atoms with van der Waals surface area (Å²) >= 11 is 0. The van der Waals surface area contributed by atoms with Crippen LogP contribution >= 0.6 is 0 Å². The number of benzene rings is 1. The number of hydrogen-bond acceptors (Lipinski definition) is 2. The van der Waals surface area contributed by atoms with Crippen LogP contribution in [0.4, 0.5) is 5.69 Å². The number of rotatable bonds is 4. The molecule has 3 heteroatoms. The second-order valence-corrected chi connectivity index (χ2v) is 3.47. The summed E-state index contributed by atoms with van der Waals surface area (Å²) in [5, 5.41) is 3.34. The molecule has 0 bridgehead atoms. The summed E-state index contributed by atoms with van der Waals surface area (Å²) < 4.78 is 0. The predicted molar refractivity (Wildman–Crippen MR) is 62.8 cm³/mol. The number of hydrogen-bond donors (Lipinski definition) is 2. The maximum atomic E-state index is 4.00. The Morgan fingerprint density at radius 1 is 1.27 bits per heavy atom. The van der Waals surface area contributed by atoms with Crippen LogP contribution in [0.15, 0.2) is 36.8 Å². The Morgan fingerprint density at radius 3 is 2.67 bits per heavy atom. The van der Waals surface area contributed by atoms with Crippen molar-refractivity contribution in [3.05, 3.63) is 36.8 Å². The van der Waals surface area contributed by atoms with Crippen LogP contribution < -0.4 is 5.32 Å². The fourth-order valence-corrected chi connectivity index (χ4v) is 1.45. The highest BCUT2D eigenvalue weighted by Gasteiger charge is 1.97. The van der Waals surface area contributed by atoms with E-state index in [9.17, 15) is 0 Å². The number of imidazole rings is 1. The van der Waals surface area contributed by atoms with Gasteiger partial charge in [-0.05, 0) is 24.1 Å². The SMILES string of the molecule is CCCNc1ccc(-c2cnc[nH]2)cc1. The van der Waals surface area contributed by atoms with Crippen LogP contribution in [-0.4, -0.2) is 16.5 Å². The highest BCUT2D eigenvalue weighted by Crippen LogP contribution is 2.18. The van der Waals surface area contributed by atoms with E-state index in [0.29, 0.717) is 0 Å². The van der Waals surface area contributed by atoms with Crippen molar-refractivity contribution in [2.45, 2.75) is 13.3 Å². The van der Waals surface area contributed by atoms with Crippen molar-refractivity contribution in [1.29, 1.82) is 0 Å². The standard InChI is InChI=1S/C12H15N3/c1-2-7-14-11-5-3-10(4-6-11)12-8-13-9-15-12/h3-6,8-9,14H,2,7H2,1H3,(H,13,15). The molecule has 2 N–H and O–H groups in total. The van der Waals surface area contributed by atoms with Gasteiger partial charge in [0.15, 0.2) is 0 Å². The van der Waals surface area contributed by atoms with E-state index in [1.165, 1.54) is 5.69 Å². The van der Waals surface area contributed by atoms with Crippen molar-refractivity contribution < 1.29 is 0 Å².